The summed E-state index contributed by atoms with van der Waals surface area (Å²) in [6.45, 7) is 4.81. The molecule has 1 fully saturated rings. The van der Waals surface area contributed by atoms with Crippen molar-refractivity contribution >= 4 is 41.7 Å². The van der Waals surface area contributed by atoms with Crippen molar-refractivity contribution in [2.24, 2.45) is 4.99 Å². The number of carbonyl (C=O) groups is 1. The second-order valence-electron chi connectivity index (χ2n) is 7.08. The van der Waals surface area contributed by atoms with E-state index in [9.17, 15) is 9.18 Å². The molecule has 168 valence electrons. The highest BCUT2D eigenvalue weighted by molar-refractivity contribution is 14.0. The summed E-state index contributed by atoms with van der Waals surface area (Å²) in [5, 5.41) is 6.70. The van der Waals surface area contributed by atoms with Gasteiger partial charge >= 0.3 is 5.97 Å². The molecule has 0 spiro atoms. The van der Waals surface area contributed by atoms with Crippen LogP contribution in [0.2, 0.25) is 0 Å². The lowest BCUT2D eigenvalue weighted by Gasteiger charge is -2.20. The van der Waals surface area contributed by atoms with Crippen LogP contribution in [-0.2, 0) is 11.2 Å². The number of nitrogens with zero attached hydrogens (tertiary/aromatic N) is 3. The number of rotatable bonds is 7. The summed E-state index contributed by atoms with van der Waals surface area (Å²) in [6, 6.07) is 10.6. The van der Waals surface area contributed by atoms with Gasteiger partial charge in [0.15, 0.2) is 17.6 Å². The first kappa shape index (κ1) is 24.8. The zero-order valence-corrected chi connectivity index (χ0v) is 20.1. The van der Waals surface area contributed by atoms with Gasteiger partial charge in [-0.25, -0.2) is 14.2 Å². The summed E-state index contributed by atoms with van der Waals surface area (Å²) in [5.41, 5.74) is 1.63. The third-order valence-electron chi connectivity index (χ3n) is 4.96. The first-order valence-electron chi connectivity index (χ1n) is 10.2. The van der Waals surface area contributed by atoms with Crippen LogP contribution >= 0.6 is 24.0 Å². The van der Waals surface area contributed by atoms with Crippen molar-refractivity contribution in [2.45, 2.75) is 25.8 Å². The van der Waals surface area contributed by atoms with Crippen LogP contribution in [0.4, 0.5) is 10.2 Å². The standard InChI is InChI=1S/C22H28FN5O2.HI/c1-3-24-22(26-13-10-16-6-8-17(9-7-16)21(29)30-2)27-18-11-14-28(15-18)20-19(23)5-4-12-25-20;/h4-9,12,18H,3,10-11,13-15H2,1-2H3,(H2,24,26,27);1H. The highest BCUT2D eigenvalue weighted by atomic mass is 127. The fourth-order valence-corrected chi connectivity index (χ4v) is 3.42. The van der Waals surface area contributed by atoms with Crippen molar-refractivity contribution in [3.05, 3.63) is 59.5 Å². The summed E-state index contributed by atoms with van der Waals surface area (Å²) in [7, 11) is 1.37. The summed E-state index contributed by atoms with van der Waals surface area (Å²) in [4.78, 5) is 22.3. The molecule has 0 saturated carbocycles. The number of esters is 1. The quantitative estimate of drug-likeness (QED) is 0.243. The number of aliphatic imine (C=N–C) groups is 1. The fourth-order valence-electron chi connectivity index (χ4n) is 3.42. The summed E-state index contributed by atoms with van der Waals surface area (Å²) in [6.07, 6.45) is 3.26. The van der Waals surface area contributed by atoms with E-state index in [0.29, 0.717) is 24.5 Å². The van der Waals surface area contributed by atoms with E-state index < -0.39 is 0 Å². The molecule has 0 aliphatic carbocycles. The van der Waals surface area contributed by atoms with E-state index in [1.54, 1.807) is 24.4 Å². The van der Waals surface area contributed by atoms with Gasteiger partial charge in [-0.2, -0.15) is 0 Å². The highest BCUT2D eigenvalue weighted by Gasteiger charge is 2.25. The van der Waals surface area contributed by atoms with Crippen LogP contribution in [0.5, 0.6) is 0 Å². The predicted octanol–water partition coefficient (Wildman–Crippen LogP) is 3.00. The number of benzene rings is 1. The topological polar surface area (TPSA) is 78.8 Å². The van der Waals surface area contributed by atoms with Crippen molar-refractivity contribution in [2.75, 3.05) is 38.2 Å². The number of ether oxygens (including phenoxy) is 1. The van der Waals surface area contributed by atoms with Crippen LogP contribution in [-0.4, -0.2) is 56.2 Å². The molecule has 2 aromatic rings. The molecule has 0 amide bonds. The Kier molecular flexibility index (Phi) is 9.96. The molecule has 1 aliphatic rings. The molecule has 0 radical (unpaired) electrons. The number of pyridine rings is 1. The van der Waals surface area contributed by atoms with Crippen LogP contribution < -0.4 is 15.5 Å². The molecule has 1 aromatic carbocycles. The average Bonchev–Trinajstić information content (AvgIpc) is 3.22. The van der Waals surface area contributed by atoms with Gasteiger partial charge in [-0.3, -0.25) is 4.99 Å². The van der Waals surface area contributed by atoms with Gasteiger partial charge < -0.3 is 20.3 Å². The van der Waals surface area contributed by atoms with Gasteiger partial charge in [0, 0.05) is 38.4 Å². The zero-order chi connectivity index (χ0) is 21.3. The van der Waals surface area contributed by atoms with E-state index in [0.717, 1.165) is 37.5 Å². The van der Waals surface area contributed by atoms with Gasteiger partial charge in [0.2, 0.25) is 0 Å². The lowest BCUT2D eigenvalue weighted by molar-refractivity contribution is 0.0600. The molecule has 1 unspecified atom stereocenters. The Morgan fingerprint density at radius 1 is 1.32 bits per heavy atom. The molecule has 1 atom stereocenters. The van der Waals surface area contributed by atoms with Gasteiger partial charge in [0.05, 0.1) is 12.7 Å². The Labute approximate surface area is 199 Å². The lowest BCUT2D eigenvalue weighted by Crippen LogP contribution is -2.44. The number of hydrogen-bond donors (Lipinski definition) is 2. The average molecular weight is 541 g/mol. The number of anilines is 1. The van der Waals surface area contributed by atoms with E-state index in [1.165, 1.54) is 13.2 Å². The molecule has 2 heterocycles. The number of guanidine groups is 1. The minimum Gasteiger partial charge on any atom is -0.465 e. The molecule has 0 bridgehead atoms. The van der Waals surface area contributed by atoms with Crippen molar-refractivity contribution in [3.8, 4) is 0 Å². The number of nitrogens with one attached hydrogen (secondary N) is 2. The minimum absolute atomic E-state index is 0. The molecule has 1 saturated heterocycles. The van der Waals surface area contributed by atoms with Crippen molar-refractivity contribution in [1.29, 1.82) is 0 Å². The van der Waals surface area contributed by atoms with E-state index in [-0.39, 0.29) is 41.8 Å². The summed E-state index contributed by atoms with van der Waals surface area (Å²) < 4.78 is 18.7. The minimum atomic E-state index is -0.339. The smallest absolute Gasteiger partial charge is 0.337 e. The predicted molar refractivity (Wildman–Crippen MR) is 131 cm³/mol. The third-order valence-corrected chi connectivity index (χ3v) is 4.96. The molecule has 2 N–H and O–H groups in total. The van der Waals surface area contributed by atoms with E-state index >= 15 is 0 Å². The molecule has 9 heteroatoms. The maximum Gasteiger partial charge on any atom is 0.337 e. The van der Waals surface area contributed by atoms with Gasteiger partial charge in [-0.05, 0) is 49.6 Å². The van der Waals surface area contributed by atoms with Gasteiger partial charge in [-0.15, -0.1) is 24.0 Å². The first-order valence-corrected chi connectivity index (χ1v) is 10.2. The highest BCUT2D eigenvalue weighted by Crippen LogP contribution is 2.20. The number of carbonyl (C=O) groups excluding carboxylic acids is 1. The van der Waals surface area contributed by atoms with Crippen molar-refractivity contribution in [3.63, 3.8) is 0 Å². The van der Waals surface area contributed by atoms with Crippen LogP contribution in [0.1, 0.15) is 29.3 Å². The van der Waals surface area contributed by atoms with Crippen LogP contribution in [0, 0.1) is 5.82 Å². The Morgan fingerprint density at radius 3 is 2.77 bits per heavy atom. The van der Waals surface area contributed by atoms with E-state index in [2.05, 4.69) is 20.6 Å². The van der Waals surface area contributed by atoms with Crippen LogP contribution in [0.15, 0.2) is 47.6 Å². The summed E-state index contributed by atoms with van der Waals surface area (Å²) >= 11 is 0. The van der Waals surface area contributed by atoms with Crippen LogP contribution in [0.25, 0.3) is 0 Å². The lowest BCUT2D eigenvalue weighted by atomic mass is 10.1. The number of halogens is 2. The number of methoxy groups -OCH3 is 1. The second kappa shape index (κ2) is 12.4. The van der Waals surface area contributed by atoms with E-state index in [1.807, 2.05) is 24.0 Å². The monoisotopic (exact) mass is 541 g/mol. The molecule has 7 nitrogen and oxygen atoms in total. The Balaban J connectivity index is 0.00000341. The van der Waals surface area contributed by atoms with Gasteiger partial charge in [-0.1, -0.05) is 12.1 Å². The molecular weight excluding hydrogens is 512 g/mol. The number of hydrogen-bond acceptors (Lipinski definition) is 5. The molecule has 1 aliphatic heterocycles. The van der Waals surface area contributed by atoms with E-state index in [4.69, 9.17) is 4.74 Å². The maximum atomic E-state index is 14.0. The molecular formula is C22H29FIN5O2. The zero-order valence-electron chi connectivity index (χ0n) is 17.8. The Morgan fingerprint density at radius 2 is 2.10 bits per heavy atom. The van der Waals surface area contributed by atoms with Gasteiger partial charge in [0.25, 0.3) is 0 Å². The SMILES string of the molecule is CCNC(=NCCc1ccc(C(=O)OC)cc1)NC1CCN(c2ncccc2F)C1.I. The number of aromatic nitrogens is 1. The molecule has 31 heavy (non-hydrogen) atoms. The molecule has 1 aromatic heterocycles. The summed E-state index contributed by atoms with van der Waals surface area (Å²) in [5.74, 6) is 0.516. The normalized spacial score (nSPS) is 15.9. The molecule has 3 rings (SSSR count). The second-order valence-corrected chi connectivity index (χ2v) is 7.08. The Bertz CT molecular complexity index is 878. The van der Waals surface area contributed by atoms with Gasteiger partial charge in [0.1, 0.15) is 0 Å². The Hall–Kier alpha value is -2.43. The third kappa shape index (κ3) is 7.05. The fraction of sp³-hybridized carbons (Fsp3) is 0.409. The van der Waals surface area contributed by atoms with Crippen LogP contribution in [0.3, 0.4) is 0 Å². The van der Waals surface area contributed by atoms with Crippen molar-refractivity contribution in [1.82, 2.24) is 15.6 Å². The first-order chi connectivity index (χ1) is 14.6. The largest absolute Gasteiger partial charge is 0.465 e. The van der Waals surface area contributed by atoms with Crippen molar-refractivity contribution < 1.29 is 13.9 Å². The maximum absolute atomic E-state index is 14.0.